The summed E-state index contributed by atoms with van der Waals surface area (Å²) in [6.45, 7) is 4.99. The molecule has 2 amide bonds. The van der Waals surface area contributed by atoms with Gasteiger partial charge in [-0.3, -0.25) is 14.5 Å². The maximum absolute atomic E-state index is 12.8. The maximum atomic E-state index is 12.8. The van der Waals surface area contributed by atoms with Gasteiger partial charge in [-0.25, -0.2) is 4.99 Å². The van der Waals surface area contributed by atoms with Gasteiger partial charge < -0.3 is 15.2 Å². The minimum Gasteiger partial charge on any atom is -0.357 e. The Hall–Kier alpha value is -2.71. The lowest BCUT2D eigenvalue weighted by Crippen LogP contribution is -2.43. The molecule has 31 heavy (non-hydrogen) atoms. The summed E-state index contributed by atoms with van der Waals surface area (Å²) >= 11 is 0. The zero-order valence-corrected chi connectivity index (χ0v) is 18.1. The van der Waals surface area contributed by atoms with Gasteiger partial charge in [0, 0.05) is 32.6 Å². The molecule has 166 valence electrons. The molecule has 3 heterocycles. The highest BCUT2D eigenvalue weighted by Gasteiger charge is 2.58. The largest absolute Gasteiger partial charge is 0.357 e. The van der Waals surface area contributed by atoms with Crippen molar-refractivity contribution in [1.82, 2.24) is 30.3 Å². The molecule has 4 atom stereocenters. The van der Waals surface area contributed by atoms with E-state index in [0.29, 0.717) is 25.6 Å². The van der Waals surface area contributed by atoms with Crippen LogP contribution in [0.15, 0.2) is 17.1 Å². The SMILES string of the molecule is CCNC(=NCc1nnc2n1CCCCC2)NCCN1C(=O)C2C3C=CC(C3)C2C1=O. The van der Waals surface area contributed by atoms with Gasteiger partial charge in [0.25, 0.3) is 0 Å². The van der Waals surface area contributed by atoms with Crippen LogP contribution in [-0.4, -0.2) is 57.1 Å². The smallest absolute Gasteiger partial charge is 0.233 e. The lowest BCUT2D eigenvalue weighted by molar-refractivity contribution is -0.140. The predicted molar refractivity (Wildman–Crippen MR) is 115 cm³/mol. The molecule has 0 aromatic carbocycles. The molecule has 0 spiro atoms. The molecule has 0 radical (unpaired) electrons. The van der Waals surface area contributed by atoms with E-state index in [1.807, 2.05) is 6.92 Å². The number of carbonyl (C=O) groups excluding carboxylic acids is 2. The number of aryl methyl sites for hydroxylation is 1. The van der Waals surface area contributed by atoms with E-state index in [9.17, 15) is 9.59 Å². The first-order chi connectivity index (χ1) is 15.2. The molecule has 5 rings (SSSR count). The highest BCUT2D eigenvalue weighted by Crippen LogP contribution is 2.52. The van der Waals surface area contributed by atoms with E-state index < -0.39 is 0 Å². The highest BCUT2D eigenvalue weighted by molar-refractivity contribution is 6.06. The molecule has 2 bridgehead atoms. The molecular weight excluding hydrogens is 394 g/mol. The van der Waals surface area contributed by atoms with Crippen molar-refractivity contribution in [3.8, 4) is 0 Å². The van der Waals surface area contributed by atoms with Crippen LogP contribution in [0.5, 0.6) is 0 Å². The lowest BCUT2D eigenvalue weighted by atomic mass is 9.85. The fourth-order valence-corrected chi connectivity index (χ4v) is 5.62. The number of allylic oxidation sites excluding steroid dienone is 2. The van der Waals surface area contributed by atoms with E-state index in [1.165, 1.54) is 17.7 Å². The van der Waals surface area contributed by atoms with Crippen LogP contribution in [0, 0.1) is 23.7 Å². The first-order valence-corrected chi connectivity index (χ1v) is 11.6. The van der Waals surface area contributed by atoms with Gasteiger partial charge in [0.2, 0.25) is 11.8 Å². The summed E-state index contributed by atoms with van der Waals surface area (Å²) in [6.07, 6.45) is 9.73. The summed E-state index contributed by atoms with van der Waals surface area (Å²) in [5.41, 5.74) is 0. The van der Waals surface area contributed by atoms with E-state index in [0.717, 1.165) is 44.0 Å². The van der Waals surface area contributed by atoms with Crippen LogP contribution in [0.2, 0.25) is 0 Å². The molecule has 4 aliphatic rings. The Balaban J connectivity index is 1.18. The molecule has 9 nitrogen and oxygen atoms in total. The van der Waals surface area contributed by atoms with Gasteiger partial charge in [-0.1, -0.05) is 18.6 Å². The molecule has 2 aliphatic heterocycles. The number of nitrogens with zero attached hydrogens (tertiary/aromatic N) is 5. The second-order valence-corrected chi connectivity index (χ2v) is 8.94. The second kappa shape index (κ2) is 8.43. The van der Waals surface area contributed by atoms with E-state index in [4.69, 9.17) is 0 Å². The number of guanidine groups is 1. The average Bonchev–Trinajstić information content (AvgIpc) is 3.49. The van der Waals surface area contributed by atoms with Gasteiger partial charge in [0.1, 0.15) is 12.4 Å². The predicted octanol–water partition coefficient (Wildman–Crippen LogP) is 0.867. The number of aromatic nitrogens is 3. The van der Waals surface area contributed by atoms with Gasteiger partial charge in [0.05, 0.1) is 11.8 Å². The Morgan fingerprint density at radius 3 is 2.61 bits per heavy atom. The van der Waals surface area contributed by atoms with Gasteiger partial charge in [-0.2, -0.15) is 0 Å². The number of hydrogen-bond acceptors (Lipinski definition) is 5. The number of rotatable bonds is 6. The third-order valence-corrected chi connectivity index (χ3v) is 7.10. The number of aliphatic imine (C=N–C) groups is 1. The molecule has 4 unspecified atom stereocenters. The molecule has 1 saturated heterocycles. The van der Waals surface area contributed by atoms with Crippen LogP contribution in [0.1, 0.15) is 44.3 Å². The van der Waals surface area contributed by atoms with E-state index in [-0.39, 0.29) is 35.5 Å². The van der Waals surface area contributed by atoms with Crippen LogP contribution in [0.3, 0.4) is 0 Å². The Morgan fingerprint density at radius 2 is 1.87 bits per heavy atom. The second-order valence-electron chi connectivity index (χ2n) is 8.94. The molecule has 1 aromatic heterocycles. The number of carbonyl (C=O) groups is 2. The van der Waals surface area contributed by atoms with Crippen LogP contribution < -0.4 is 10.6 Å². The number of amides is 2. The van der Waals surface area contributed by atoms with Crippen molar-refractivity contribution < 1.29 is 9.59 Å². The fraction of sp³-hybridized carbons (Fsp3) is 0.682. The fourth-order valence-electron chi connectivity index (χ4n) is 5.62. The van der Waals surface area contributed by atoms with Crippen molar-refractivity contribution in [2.75, 3.05) is 19.6 Å². The van der Waals surface area contributed by atoms with Crippen molar-refractivity contribution in [3.63, 3.8) is 0 Å². The molecule has 2 N–H and O–H groups in total. The lowest BCUT2D eigenvalue weighted by Gasteiger charge is -2.18. The number of hydrogen-bond donors (Lipinski definition) is 2. The average molecular weight is 426 g/mol. The van der Waals surface area contributed by atoms with E-state index >= 15 is 0 Å². The van der Waals surface area contributed by atoms with Crippen molar-refractivity contribution in [3.05, 3.63) is 23.8 Å². The molecule has 1 aromatic rings. The Morgan fingerprint density at radius 1 is 1.10 bits per heavy atom. The highest BCUT2D eigenvalue weighted by atomic mass is 16.2. The molecular formula is C22H31N7O2. The molecule has 2 fully saturated rings. The zero-order valence-electron chi connectivity index (χ0n) is 18.1. The minimum absolute atomic E-state index is 0.00161. The van der Waals surface area contributed by atoms with E-state index in [2.05, 4.69) is 42.5 Å². The van der Waals surface area contributed by atoms with Crippen molar-refractivity contribution in [2.24, 2.45) is 28.7 Å². The standard InChI is InChI=1S/C22H31N7O2/c1-2-23-22(25-13-17-27-26-16-6-4-3-5-10-28(16)17)24-9-11-29-20(30)18-14-7-8-15(12-14)19(18)21(29)31/h7-8,14-15,18-19H,2-6,9-13H2,1H3,(H2,23,24,25). The normalized spacial score (nSPS) is 29.3. The summed E-state index contributed by atoms with van der Waals surface area (Å²) in [5.74, 6) is 2.84. The third kappa shape index (κ3) is 3.64. The Labute approximate surface area is 182 Å². The van der Waals surface area contributed by atoms with Crippen LogP contribution in [0.25, 0.3) is 0 Å². The Bertz CT molecular complexity index is 891. The first kappa shape index (κ1) is 20.2. The topological polar surface area (TPSA) is 105 Å². The number of imide groups is 1. The molecule has 1 saturated carbocycles. The summed E-state index contributed by atoms with van der Waals surface area (Å²) in [4.78, 5) is 31.7. The summed E-state index contributed by atoms with van der Waals surface area (Å²) in [7, 11) is 0. The molecule has 9 heteroatoms. The van der Waals surface area contributed by atoms with Crippen molar-refractivity contribution >= 4 is 17.8 Å². The maximum Gasteiger partial charge on any atom is 0.233 e. The first-order valence-electron chi connectivity index (χ1n) is 11.6. The van der Waals surface area contributed by atoms with Crippen LogP contribution in [-0.2, 0) is 29.1 Å². The third-order valence-electron chi connectivity index (χ3n) is 7.10. The van der Waals surface area contributed by atoms with Gasteiger partial charge in [-0.05, 0) is 38.0 Å². The van der Waals surface area contributed by atoms with Crippen molar-refractivity contribution in [1.29, 1.82) is 0 Å². The van der Waals surface area contributed by atoms with Gasteiger partial charge >= 0.3 is 0 Å². The van der Waals surface area contributed by atoms with Crippen LogP contribution >= 0.6 is 0 Å². The quantitative estimate of drug-likeness (QED) is 0.303. The van der Waals surface area contributed by atoms with Gasteiger partial charge in [0.15, 0.2) is 11.8 Å². The summed E-state index contributed by atoms with van der Waals surface area (Å²) in [5, 5.41) is 15.2. The number of fused-ring (bicyclic) bond motifs is 6. The number of likely N-dealkylation sites (tertiary alicyclic amines) is 1. The molecule has 2 aliphatic carbocycles. The zero-order chi connectivity index (χ0) is 21.4. The Kier molecular flexibility index (Phi) is 5.50. The van der Waals surface area contributed by atoms with E-state index in [1.54, 1.807) is 0 Å². The number of nitrogens with one attached hydrogen (secondary N) is 2. The van der Waals surface area contributed by atoms with Crippen LogP contribution in [0.4, 0.5) is 0 Å². The van der Waals surface area contributed by atoms with Gasteiger partial charge in [-0.15, -0.1) is 10.2 Å². The van der Waals surface area contributed by atoms with Crippen molar-refractivity contribution in [2.45, 2.75) is 52.1 Å². The summed E-state index contributed by atoms with van der Waals surface area (Å²) < 4.78 is 2.20. The summed E-state index contributed by atoms with van der Waals surface area (Å²) in [6, 6.07) is 0. The minimum atomic E-state index is -0.132. The monoisotopic (exact) mass is 425 g/mol.